The molecule has 0 aliphatic carbocycles. The van der Waals surface area contributed by atoms with Crippen LogP contribution >= 0.6 is 0 Å². The molecular formula is C17H23NO. The summed E-state index contributed by atoms with van der Waals surface area (Å²) in [5, 5.41) is 0. The van der Waals surface area contributed by atoms with E-state index >= 15 is 0 Å². The van der Waals surface area contributed by atoms with Gasteiger partial charge in [0, 0.05) is 23.6 Å². The molecule has 0 spiro atoms. The third-order valence-electron chi connectivity index (χ3n) is 5.34. The second-order valence-corrected chi connectivity index (χ2v) is 6.33. The van der Waals surface area contributed by atoms with Crippen LogP contribution in [0.15, 0.2) is 18.2 Å². The Kier molecular flexibility index (Phi) is 3.22. The molecule has 2 heterocycles. The zero-order valence-electron chi connectivity index (χ0n) is 12.1. The number of rotatable bonds is 2. The summed E-state index contributed by atoms with van der Waals surface area (Å²) in [6.07, 6.45) is 4.66. The van der Waals surface area contributed by atoms with E-state index in [1.165, 1.54) is 24.0 Å². The SMILES string of the molecule is Cc1cccc(C(=O)C2CC3CCC(C2)N3C)c1C. The largest absolute Gasteiger partial charge is 0.300 e. The van der Waals surface area contributed by atoms with E-state index in [4.69, 9.17) is 0 Å². The average molecular weight is 257 g/mol. The van der Waals surface area contributed by atoms with Crippen LogP contribution in [-0.2, 0) is 0 Å². The zero-order chi connectivity index (χ0) is 13.6. The van der Waals surface area contributed by atoms with Crippen LogP contribution in [0.2, 0.25) is 0 Å². The molecule has 1 aromatic rings. The van der Waals surface area contributed by atoms with Crippen molar-refractivity contribution in [1.29, 1.82) is 0 Å². The van der Waals surface area contributed by atoms with Crippen LogP contribution in [0, 0.1) is 19.8 Å². The van der Waals surface area contributed by atoms with Crippen molar-refractivity contribution in [1.82, 2.24) is 4.90 Å². The van der Waals surface area contributed by atoms with Gasteiger partial charge in [-0.3, -0.25) is 4.79 Å². The van der Waals surface area contributed by atoms with Crippen LogP contribution < -0.4 is 0 Å². The van der Waals surface area contributed by atoms with Crippen LogP contribution in [0.5, 0.6) is 0 Å². The maximum absolute atomic E-state index is 12.8. The highest BCUT2D eigenvalue weighted by molar-refractivity contribution is 5.99. The Bertz CT molecular complexity index is 494. The Morgan fingerprint density at radius 2 is 1.79 bits per heavy atom. The van der Waals surface area contributed by atoms with Crippen molar-refractivity contribution >= 4 is 5.78 Å². The number of hydrogen-bond donors (Lipinski definition) is 0. The smallest absolute Gasteiger partial charge is 0.166 e. The molecule has 2 heteroatoms. The lowest BCUT2D eigenvalue weighted by Crippen LogP contribution is -2.42. The van der Waals surface area contributed by atoms with E-state index in [0.717, 1.165) is 18.4 Å². The molecule has 19 heavy (non-hydrogen) atoms. The normalized spacial score (nSPS) is 30.6. The number of aryl methyl sites for hydroxylation is 1. The van der Waals surface area contributed by atoms with E-state index < -0.39 is 0 Å². The number of piperidine rings is 1. The van der Waals surface area contributed by atoms with E-state index in [-0.39, 0.29) is 5.92 Å². The first-order valence-electron chi connectivity index (χ1n) is 7.40. The Labute approximate surface area is 115 Å². The average Bonchev–Trinajstić information content (AvgIpc) is 2.64. The summed E-state index contributed by atoms with van der Waals surface area (Å²) < 4.78 is 0. The minimum Gasteiger partial charge on any atom is -0.300 e. The minimum atomic E-state index is 0.245. The predicted octanol–water partition coefficient (Wildman–Crippen LogP) is 3.36. The number of ketones is 1. The van der Waals surface area contributed by atoms with Crippen molar-refractivity contribution in [2.45, 2.75) is 51.6 Å². The number of benzene rings is 1. The van der Waals surface area contributed by atoms with Gasteiger partial charge in [0.1, 0.15) is 0 Å². The monoisotopic (exact) mass is 257 g/mol. The van der Waals surface area contributed by atoms with Gasteiger partial charge in [-0.15, -0.1) is 0 Å². The quantitative estimate of drug-likeness (QED) is 0.757. The molecule has 0 amide bonds. The molecule has 2 saturated heterocycles. The molecule has 1 aromatic carbocycles. The van der Waals surface area contributed by atoms with Gasteiger partial charge >= 0.3 is 0 Å². The summed E-state index contributed by atoms with van der Waals surface area (Å²) in [4.78, 5) is 15.3. The van der Waals surface area contributed by atoms with Gasteiger partial charge in [-0.2, -0.15) is 0 Å². The lowest BCUT2D eigenvalue weighted by atomic mass is 9.83. The highest BCUT2D eigenvalue weighted by Gasteiger charge is 2.41. The van der Waals surface area contributed by atoms with Crippen molar-refractivity contribution in [3.63, 3.8) is 0 Å². The summed E-state index contributed by atoms with van der Waals surface area (Å²) in [5.41, 5.74) is 3.34. The number of hydrogen-bond acceptors (Lipinski definition) is 2. The topological polar surface area (TPSA) is 20.3 Å². The highest BCUT2D eigenvalue weighted by atomic mass is 16.1. The maximum Gasteiger partial charge on any atom is 0.166 e. The number of carbonyl (C=O) groups excluding carboxylic acids is 1. The van der Waals surface area contributed by atoms with Gasteiger partial charge in [0.25, 0.3) is 0 Å². The number of fused-ring (bicyclic) bond motifs is 2. The van der Waals surface area contributed by atoms with E-state index in [9.17, 15) is 4.79 Å². The number of carbonyl (C=O) groups is 1. The van der Waals surface area contributed by atoms with E-state index in [1.807, 2.05) is 12.1 Å². The van der Waals surface area contributed by atoms with E-state index in [2.05, 4.69) is 31.9 Å². The summed E-state index contributed by atoms with van der Waals surface area (Å²) in [6.45, 7) is 4.16. The van der Waals surface area contributed by atoms with Crippen molar-refractivity contribution in [2.24, 2.45) is 5.92 Å². The van der Waals surface area contributed by atoms with Crippen molar-refractivity contribution < 1.29 is 4.79 Å². The Hall–Kier alpha value is -1.15. The fraction of sp³-hybridized carbons (Fsp3) is 0.588. The molecule has 0 radical (unpaired) electrons. The predicted molar refractivity (Wildman–Crippen MR) is 77.5 cm³/mol. The van der Waals surface area contributed by atoms with Gasteiger partial charge < -0.3 is 4.90 Å². The van der Waals surface area contributed by atoms with Crippen molar-refractivity contribution in [3.05, 3.63) is 34.9 Å². The number of nitrogens with zero attached hydrogens (tertiary/aromatic N) is 1. The van der Waals surface area contributed by atoms with Gasteiger partial charge in [0.05, 0.1) is 0 Å². The molecule has 2 aliphatic rings. The molecule has 2 atom stereocenters. The highest BCUT2D eigenvalue weighted by Crippen LogP contribution is 2.39. The molecule has 0 saturated carbocycles. The summed E-state index contributed by atoms with van der Waals surface area (Å²) in [5.74, 6) is 0.625. The summed E-state index contributed by atoms with van der Waals surface area (Å²) in [7, 11) is 2.22. The van der Waals surface area contributed by atoms with Gasteiger partial charge in [-0.1, -0.05) is 18.2 Å². The second kappa shape index (κ2) is 4.75. The second-order valence-electron chi connectivity index (χ2n) is 6.33. The fourth-order valence-electron chi connectivity index (χ4n) is 3.86. The molecular weight excluding hydrogens is 234 g/mol. The van der Waals surface area contributed by atoms with E-state index in [0.29, 0.717) is 17.9 Å². The molecule has 3 rings (SSSR count). The standard InChI is InChI=1S/C17H23NO/c1-11-5-4-6-16(12(11)2)17(19)13-9-14-7-8-15(10-13)18(14)3/h4-6,13-15H,7-10H2,1-3H3. The van der Waals surface area contributed by atoms with Gasteiger partial charge in [-0.05, 0) is 57.7 Å². The zero-order valence-corrected chi connectivity index (χ0v) is 12.1. The molecule has 0 N–H and O–H groups in total. The number of Topliss-reactive ketones (excluding diaryl/α,β-unsaturated/α-hetero) is 1. The molecule has 2 unspecified atom stereocenters. The van der Waals surface area contributed by atoms with Crippen LogP contribution in [0.4, 0.5) is 0 Å². The molecule has 2 bridgehead atoms. The molecule has 2 fully saturated rings. The first kappa shape index (κ1) is 12.9. The Morgan fingerprint density at radius 1 is 1.16 bits per heavy atom. The molecule has 2 aliphatic heterocycles. The van der Waals surface area contributed by atoms with Crippen molar-refractivity contribution in [3.8, 4) is 0 Å². The maximum atomic E-state index is 12.8. The lowest BCUT2D eigenvalue weighted by molar-refractivity contribution is 0.0766. The van der Waals surface area contributed by atoms with Crippen LogP contribution in [0.1, 0.15) is 47.2 Å². The summed E-state index contributed by atoms with van der Waals surface area (Å²) in [6, 6.07) is 7.38. The molecule has 0 aromatic heterocycles. The molecule has 102 valence electrons. The summed E-state index contributed by atoms with van der Waals surface area (Å²) >= 11 is 0. The fourth-order valence-corrected chi connectivity index (χ4v) is 3.86. The Morgan fingerprint density at radius 3 is 2.42 bits per heavy atom. The minimum absolute atomic E-state index is 0.245. The van der Waals surface area contributed by atoms with Crippen LogP contribution in [0.25, 0.3) is 0 Å². The lowest BCUT2D eigenvalue weighted by Gasteiger charge is -2.35. The van der Waals surface area contributed by atoms with E-state index in [1.54, 1.807) is 0 Å². The third-order valence-corrected chi connectivity index (χ3v) is 5.34. The first-order valence-corrected chi connectivity index (χ1v) is 7.40. The third kappa shape index (κ3) is 2.12. The molecule has 2 nitrogen and oxygen atoms in total. The first-order chi connectivity index (χ1) is 9.08. The van der Waals surface area contributed by atoms with Crippen molar-refractivity contribution in [2.75, 3.05) is 7.05 Å². The Balaban J connectivity index is 1.84. The van der Waals surface area contributed by atoms with Crippen LogP contribution in [0.3, 0.4) is 0 Å². The van der Waals surface area contributed by atoms with Gasteiger partial charge in [-0.25, -0.2) is 0 Å². The van der Waals surface area contributed by atoms with Crippen LogP contribution in [-0.4, -0.2) is 29.8 Å². The van der Waals surface area contributed by atoms with Gasteiger partial charge in [0.15, 0.2) is 5.78 Å². The van der Waals surface area contributed by atoms with Gasteiger partial charge in [0.2, 0.25) is 0 Å².